The van der Waals surface area contributed by atoms with E-state index in [0.717, 1.165) is 25.7 Å². The first kappa shape index (κ1) is 25.7. The summed E-state index contributed by atoms with van der Waals surface area (Å²) in [5.41, 5.74) is -0.901. The molecular formula is C28H36O7. The molecule has 4 aliphatic rings. The van der Waals surface area contributed by atoms with Gasteiger partial charge in [0.05, 0.1) is 11.7 Å². The highest BCUT2D eigenvalue weighted by Crippen LogP contribution is 2.67. The number of allylic oxidation sites excluding steroid dienone is 1. The van der Waals surface area contributed by atoms with Crippen LogP contribution in [0.2, 0.25) is 0 Å². The van der Waals surface area contributed by atoms with Crippen molar-refractivity contribution in [1.82, 2.24) is 0 Å². The number of carbonyl (C=O) groups is 3. The summed E-state index contributed by atoms with van der Waals surface area (Å²) in [6, 6.07) is 8.30. The number of fused-ring (bicyclic) bond motifs is 5. The van der Waals surface area contributed by atoms with Crippen LogP contribution in [-0.4, -0.2) is 56.3 Å². The lowest BCUT2D eigenvalue weighted by atomic mass is 9.45. The molecule has 0 amide bonds. The highest BCUT2D eigenvalue weighted by atomic mass is 16.4. The molecule has 0 unspecified atom stereocenters. The van der Waals surface area contributed by atoms with E-state index in [4.69, 9.17) is 5.11 Å². The second kappa shape index (κ2) is 9.26. The van der Waals surface area contributed by atoms with Crippen LogP contribution in [0.25, 0.3) is 0 Å². The highest BCUT2D eigenvalue weighted by Gasteiger charge is 2.68. The number of rotatable bonds is 3. The van der Waals surface area contributed by atoms with Gasteiger partial charge in [-0.05, 0) is 79.9 Å². The van der Waals surface area contributed by atoms with Gasteiger partial charge in [0.2, 0.25) is 0 Å². The molecule has 0 radical (unpaired) electrons. The predicted molar refractivity (Wildman–Crippen MR) is 129 cm³/mol. The van der Waals surface area contributed by atoms with E-state index < -0.39 is 35.5 Å². The third kappa shape index (κ3) is 4.07. The van der Waals surface area contributed by atoms with Crippen LogP contribution >= 0.6 is 0 Å². The average molecular weight is 485 g/mol. The number of carboxylic acids is 1. The number of ketones is 2. The zero-order valence-electron chi connectivity index (χ0n) is 20.4. The maximum atomic E-state index is 12.4. The van der Waals surface area contributed by atoms with E-state index in [1.165, 1.54) is 5.57 Å². The monoisotopic (exact) mass is 484 g/mol. The molecule has 0 heterocycles. The highest BCUT2D eigenvalue weighted by molar-refractivity contribution is 5.92. The van der Waals surface area contributed by atoms with Crippen molar-refractivity contribution in [2.45, 2.75) is 70.5 Å². The summed E-state index contributed by atoms with van der Waals surface area (Å²) >= 11 is 0. The number of hydrogen-bond donors (Lipinski definition) is 4. The van der Waals surface area contributed by atoms with E-state index in [0.29, 0.717) is 24.8 Å². The molecule has 7 atom stereocenters. The van der Waals surface area contributed by atoms with Crippen molar-refractivity contribution in [3.05, 3.63) is 47.5 Å². The number of benzene rings is 1. The Balaban J connectivity index is 0.000000271. The summed E-state index contributed by atoms with van der Waals surface area (Å²) in [7, 11) is 0. The second-order valence-corrected chi connectivity index (χ2v) is 11.2. The van der Waals surface area contributed by atoms with Crippen molar-refractivity contribution in [3.8, 4) is 0 Å². The maximum absolute atomic E-state index is 12.4. The van der Waals surface area contributed by atoms with E-state index in [-0.39, 0.29) is 29.0 Å². The molecule has 4 N–H and O–H groups in total. The summed E-state index contributed by atoms with van der Waals surface area (Å²) in [6.07, 6.45) is 5.74. The first-order valence-corrected chi connectivity index (χ1v) is 12.5. The van der Waals surface area contributed by atoms with Crippen LogP contribution in [-0.2, 0) is 9.59 Å². The van der Waals surface area contributed by atoms with Gasteiger partial charge in [0.25, 0.3) is 0 Å². The molecule has 3 fully saturated rings. The van der Waals surface area contributed by atoms with Gasteiger partial charge in [0, 0.05) is 11.8 Å². The maximum Gasteiger partial charge on any atom is 0.335 e. The summed E-state index contributed by atoms with van der Waals surface area (Å²) < 4.78 is 0. The molecule has 190 valence electrons. The number of aromatic carboxylic acids is 1. The fraction of sp³-hybridized carbons (Fsp3) is 0.607. The number of carboxylic acid groups (broad SMARTS) is 1. The lowest BCUT2D eigenvalue weighted by molar-refractivity contribution is -0.182. The SMILES string of the molecule is C[C@]12CCC(=O)C=C1CC[C@@H]1[C@@H]2[C@@H](O)C[C@@]2(C)[C@H]1CC[C@]2(O)C(=O)CO.O=C(O)c1ccccc1. The Labute approximate surface area is 205 Å². The third-order valence-electron chi connectivity index (χ3n) is 9.67. The summed E-state index contributed by atoms with van der Waals surface area (Å²) in [6.45, 7) is 3.46. The van der Waals surface area contributed by atoms with Gasteiger partial charge in [0.1, 0.15) is 12.2 Å². The van der Waals surface area contributed by atoms with Crippen molar-refractivity contribution in [2.75, 3.05) is 6.61 Å². The van der Waals surface area contributed by atoms with Gasteiger partial charge in [-0.15, -0.1) is 0 Å². The van der Waals surface area contributed by atoms with Crippen molar-refractivity contribution in [1.29, 1.82) is 0 Å². The van der Waals surface area contributed by atoms with E-state index in [9.17, 15) is 29.7 Å². The lowest BCUT2D eigenvalue weighted by Crippen LogP contribution is -2.62. The zero-order valence-corrected chi connectivity index (χ0v) is 20.4. The molecule has 3 saturated carbocycles. The van der Waals surface area contributed by atoms with E-state index in [1.54, 1.807) is 36.4 Å². The van der Waals surface area contributed by atoms with Crippen molar-refractivity contribution in [3.63, 3.8) is 0 Å². The molecule has 0 aromatic heterocycles. The molecule has 1 aromatic carbocycles. The molecule has 7 nitrogen and oxygen atoms in total. The molecule has 7 heteroatoms. The normalized spacial score (nSPS) is 39.8. The molecule has 0 aliphatic heterocycles. The lowest BCUT2D eigenvalue weighted by Gasteiger charge is -2.60. The summed E-state index contributed by atoms with van der Waals surface area (Å²) in [4.78, 5) is 34.5. The van der Waals surface area contributed by atoms with Crippen LogP contribution in [0.4, 0.5) is 0 Å². The number of hydrogen-bond acceptors (Lipinski definition) is 6. The first-order valence-electron chi connectivity index (χ1n) is 12.5. The van der Waals surface area contributed by atoms with Crippen molar-refractivity contribution >= 4 is 17.5 Å². The molecule has 0 saturated heterocycles. The Hall–Kier alpha value is -2.35. The van der Waals surface area contributed by atoms with Crippen LogP contribution in [0.1, 0.15) is 69.2 Å². The van der Waals surface area contributed by atoms with Gasteiger partial charge < -0.3 is 20.4 Å². The van der Waals surface area contributed by atoms with E-state index >= 15 is 0 Å². The summed E-state index contributed by atoms with van der Waals surface area (Å²) in [5.74, 6) is -0.739. The quantitative estimate of drug-likeness (QED) is 0.518. The second-order valence-electron chi connectivity index (χ2n) is 11.2. The van der Waals surface area contributed by atoms with Gasteiger partial charge in [-0.1, -0.05) is 37.6 Å². The van der Waals surface area contributed by atoms with E-state index in [2.05, 4.69) is 6.92 Å². The van der Waals surface area contributed by atoms with E-state index in [1.807, 2.05) is 6.92 Å². The van der Waals surface area contributed by atoms with Gasteiger partial charge in [-0.25, -0.2) is 4.79 Å². The Bertz CT molecular complexity index is 1030. The van der Waals surface area contributed by atoms with Crippen LogP contribution in [0.5, 0.6) is 0 Å². The predicted octanol–water partition coefficient (Wildman–Crippen LogP) is 3.17. The van der Waals surface area contributed by atoms with Gasteiger partial charge in [0.15, 0.2) is 11.6 Å². The van der Waals surface area contributed by atoms with Crippen molar-refractivity contribution < 1.29 is 34.8 Å². The minimum atomic E-state index is -1.54. The summed E-state index contributed by atoms with van der Waals surface area (Å²) in [5, 5.41) is 40.1. The minimum absolute atomic E-state index is 0.0697. The molecule has 0 spiro atoms. The Morgan fingerprint density at radius 1 is 1.06 bits per heavy atom. The van der Waals surface area contributed by atoms with Gasteiger partial charge >= 0.3 is 5.97 Å². The average Bonchev–Trinajstić information content (AvgIpc) is 3.10. The van der Waals surface area contributed by atoms with Crippen molar-refractivity contribution in [2.24, 2.45) is 28.6 Å². The fourth-order valence-corrected chi connectivity index (χ4v) is 7.86. The van der Waals surface area contributed by atoms with Crippen LogP contribution < -0.4 is 0 Å². The molecular weight excluding hydrogens is 448 g/mol. The molecule has 1 aromatic rings. The standard InChI is InChI=1S/C21H30O5.C7H6O2/c1-19-7-5-13(23)9-12(19)3-4-14-15-6-8-21(26,17(25)11-22)20(15,2)10-16(24)18(14)19;8-7(9)6-4-2-1-3-5-6/h9,14-16,18,22,24,26H,3-8,10-11H2,1-2H3;1-5H,(H,8,9)/t14-,15-,16-,18+,19-,20-,21-;/m0./s1. The topological polar surface area (TPSA) is 132 Å². The Morgan fingerprint density at radius 3 is 2.34 bits per heavy atom. The largest absolute Gasteiger partial charge is 0.478 e. The van der Waals surface area contributed by atoms with Crippen LogP contribution in [0.15, 0.2) is 42.0 Å². The number of aliphatic hydroxyl groups excluding tert-OH is 2. The Kier molecular flexibility index (Phi) is 6.81. The fourth-order valence-electron chi connectivity index (χ4n) is 7.86. The van der Waals surface area contributed by atoms with Crippen LogP contribution in [0, 0.1) is 28.6 Å². The molecule has 4 aliphatic carbocycles. The molecule has 5 rings (SSSR count). The Morgan fingerprint density at radius 2 is 1.74 bits per heavy atom. The molecule has 0 bridgehead atoms. The third-order valence-corrected chi connectivity index (χ3v) is 9.67. The first-order chi connectivity index (χ1) is 16.5. The molecule has 35 heavy (non-hydrogen) atoms. The number of aliphatic hydroxyl groups is 3. The number of Topliss-reactive ketones (excluding diaryl/α,β-unsaturated/α-hetero) is 1. The van der Waals surface area contributed by atoms with Crippen LogP contribution in [0.3, 0.4) is 0 Å². The smallest absolute Gasteiger partial charge is 0.335 e. The number of carbonyl (C=O) groups excluding carboxylic acids is 2. The zero-order chi connectivity index (χ0) is 25.6. The minimum Gasteiger partial charge on any atom is -0.478 e. The van der Waals surface area contributed by atoms with Gasteiger partial charge in [-0.3, -0.25) is 9.59 Å². The van der Waals surface area contributed by atoms with Gasteiger partial charge in [-0.2, -0.15) is 0 Å².